The quantitative estimate of drug-likeness (QED) is 0.826. The summed E-state index contributed by atoms with van der Waals surface area (Å²) in [6.45, 7) is 0.556. The van der Waals surface area contributed by atoms with Gasteiger partial charge in [-0.3, -0.25) is 0 Å². The van der Waals surface area contributed by atoms with Gasteiger partial charge >= 0.3 is 0 Å². The van der Waals surface area contributed by atoms with Gasteiger partial charge < -0.3 is 10.5 Å². The van der Waals surface area contributed by atoms with Gasteiger partial charge in [0, 0.05) is 25.8 Å². The molecular weight excluding hydrogens is 281 g/mol. The molecule has 2 N–H and O–H groups in total. The van der Waals surface area contributed by atoms with Crippen molar-refractivity contribution in [2.75, 3.05) is 13.7 Å². The summed E-state index contributed by atoms with van der Waals surface area (Å²) in [4.78, 5) is 8.05. The molecule has 0 saturated carbocycles. The molecule has 0 aliphatic heterocycles. The number of hydrogen-bond acceptors (Lipinski definition) is 4. The number of hydrogen-bond donors (Lipinski definition) is 1. The summed E-state index contributed by atoms with van der Waals surface area (Å²) < 4.78 is 5.99. The summed E-state index contributed by atoms with van der Waals surface area (Å²) in [7, 11) is 1.64. The highest BCUT2D eigenvalue weighted by Crippen LogP contribution is 2.08. The lowest BCUT2D eigenvalue weighted by atomic mass is 10.2. The highest BCUT2D eigenvalue weighted by atomic mass is 127. The van der Waals surface area contributed by atoms with E-state index in [0.717, 1.165) is 15.7 Å². The minimum absolute atomic E-state index is 0.00779. The zero-order valence-electron chi connectivity index (χ0n) is 7.40. The molecule has 5 heteroatoms. The Bertz CT molecular complexity index is 269. The molecule has 0 spiro atoms. The van der Waals surface area contributed by atoms with Gasteiger partial charge in [-0.2, -0.15) is 0 Å². The number of halogens is 1. The number of nitrogens with two attached hydrogens (primary N) is 1. The molecule has 1 atom stereocenters. The van der Waals surface area contributed by atoms with Crippen molar-refractivity contribution in [3.63, 3.8) is 0 Å². The molecule has 72 valence electrons. The zero-order chi connectivity index (χ0) is 9.68. The molecule has 1 rings (SSSR count). The van der Waals surface area contributed by atoms with Crippen molar-refractivity contribution in [1.29, 1.82) is 0 Å². The molecule has 13 heavy (non-hydrogen) atoms. The van der Waals surface area contributed by atoms with Gasteiger partial charge in [0.05, 0.1) is 15.9 Å². The first-order valence-corrected chi connectivity index (χ1v) is 5.00. The largest absolute Gasteiger partial charge is 0.383 e. The standard InChI is InChI=1S/C8H12IN3O/c1-13-4-6(10)2-8-7(9)3-11-5-12-8/h3,5-6H,2,4,10H2,1H3. The van der Waals surface area contributed by atoms with Crippen LogP contribution in [0.15, 0.2) is 12.5 Å². The van der Waals surface area contributed by atoms with Gasteiger partial charge in [0.2, 0.25) is 0 Å². The SMILES string of the molecule is COCC(N)Cc1ncncc1I. The normalized spacial score (nSPS) is 12.8. The van der Waals surface area contributed by atoms with E-state index < -0.39 is 0 Å². The van der Waals surface area contributed by atoms with Gasteiger partial charge in [-0.15, -0.1) is 0 Å². The van der Waals surface area contributed by atoms with Gasteiger partial charge in [-0.1, -0.05) is 0 Å². The van der Waals surface area contributed by atoms with Gasteiger partial charge in [0.1, 0.15) is 6.33 Å². The molecule has 0 amide bonds. The van der Waals surface area contributed by atoms with Crippen LogP contribution in [0.25, 0.3) is 0 Å². The first-order valence-electron chi connectivity index (χ1n) is 3.93. The Morgan fingerprint density at radius 1 is 1.69 bits per heavy atom. The Morgan fingerprint density at radius 3 is 3.08 bits per heavy atom. The molecule has 1 heterocycles. The predicted molar refractivity (Wildman–Crippen MR) is 58.3 cm³/mol. The van der Waals surface area contributed by atoms with Crippen molar-refractivity contribution < 1.29 is 4.74 Å². The molecule has 0 saturated heterocycles. The van der Waals surface area contributed by atoms with Crippen molar-refractivity contribution in [1.82, 2.24) is 9.97 Å². The highest BCUT2D eigenvalue weighted by Gasteiger charge is 2.07. The van der Waals surface area contributed by atoms with Crippen molar-refractivity contribution >= 4 is 22.6 Å². The molecule has 1 aromatic rings. The smallest absolute Gasteiger partial charge is 0.115 e. The second-order valence-electron chi connectivity index (χ2n) is 2.74. The third kappa shape index (κ3) is 3.53. The molecule has 0 bridgehead atoms. The lowest BCUT2D eigenvalue weighted by Crippen LogP contribution is -2.28. The van der Waals surface area contributed by atoms with Gasteiger partial charge in [0.15, 0.2) is 0 Å². The summed E-state index contributed by atoms with van der Waals surface area (Å²) in [5.41, 5.74) is 6.78. The fraction of sp³-hybridized carbons (Fsp3) is 0.500. The maximum Gasteiger partial charge on any atom is 0.115 e. The molecule has 1 unspecified atom stereocenters. The Kier molecular flexibility index (Phi) is 4.54. The second-order valence-corrected chi connectivity index (χ2v) is 3.90. The zero-order valence-corrected chi connectivity index (χ0v) is 9.56. The number of methoxy groups -OCH3 is 1. The third-order valence-electron chi connectivity index (χ3n) is 1.58. The number of nitrogens with zero attached hydrogens (tertiary/aromatic N) is 2. The van der Waals surface area contributed by atoms with Crippen molar-refractivity contribution in [3.05, 3.63) is 21.8 Å². The Hall–Kier alpha value is -0.270. The van der Waals surface area contributed by atoms with E-state index in [9.17, 15) is 0 Å². The van der Waals surface area contributed by atoms with E-state index in [-0.39, 0.29) is 6.04 Å². The van der Waals surface area contributed by atoms with E-state index >= 15 is 0 Å². The molecule has 0 aliphatic rings. The Balaban J connectivity index is 2.58. The molecule has 0 radical (unpaired) electrons. The molecule has 0 aliphatic carbocycles. The lowest BCUT2D eigenvalue weighted by molar-refractivity contribution is 0.179. The summed E-state index contributed by atoms with van der Waals surface area (Å²) in [6.07, 6.45) is 4.05. The van der Waals surface area contributed by atoms with Crippen LogP contribution in [0.3, 0.4) is 0 Å². The van der Waals surface area contributed by atoms with Crippen LogP contribution >= 0.6 is 22.6 Å². The maximum absolute atomic E-state index is 5.80. The molecular formula is C8H12IN3O. The maximum atomic E-state index is 5.80. The fourth-order valence-corrected chi connectivity index (χ4v) is 1.53. The van der Waals surface area contributed by atoms with Crippen LogP contribution in [0.4, 0.5) is 0 Å². The van der Waals surface area contributed by atoms with Crippen LogP contribution < -0.4 is 5.73 Å². The van der Waals surface area contributed by atoms with Crippen LogP contribution in [0, 0.1) is 3.57 Å². The van der Waals surface area contributed by atoms with E-state index in [1.807, 2.05) is 0 Å². The van der Waals surface area contributed by atoms with E-state index in [0.29, 0.717) is 6.61 Å². The van der Waals surface area contributed by atoms with E-state index in [1.54, 1.807) is 13.3 Å². The average molecular weight is 293 g/mol. The van der Waals surface area contributed by atoms with Crippen LogP contribution in [-0.4, -0.2) is 29.7 Å². The molecule has 4 nitrogen and oxygen atoms in total. The second kappa shape index (κ2) is 5.46. The lowest BCUT2D eigenvalue weighted by Gasteiger charge is -2.09. The minimum Gasteiger partial charge on any atom is -0.383 e. The number of aromatic nitrogens is 2. The first kappa shape index (κ1) is 10.8. The predicted octanol–water partition coefficient (Wildman–Crippen LogP) is 0.597. The van der Waals surface area contributed by atoms with Crippen LogP contribution in [0.5, 0.6) is 0 Å². The Morgan fingerprint density at radius 2 is 2.46 bits per heavy atom. The van der Waals surface area contributed by atoms with Gasteiger partial charge in [-0.25, -0.2) is 9.97 Å². The first-order chi connectivity index (χ1) is 6.24. The molecule has 0 fully saturated rings. The summed E-state index contributed by atoms with van der Waals surface area (Å²) in [6, 6.07) is 0.00779. The van der Waals surface area contributed by atoms with Gasteiger partial charge in [0.25, 0.3) is 0 Å². The topological polar surface area (TPSA) is 61.0 Å². The summed E-state index contributed by atoms with van der Waals surface area (Å²) in [5.74, 6) is 0. The van der Waals surface area contributed by atoms with Crippen LogP contribution in [-0.2, 0) is 11.2 Å². The minimum atomic E-state index is 0.00779. The van der Waals surface area contributed by atoms with E-state index in [2.05, 4.69) is 32.6 Å². The Labute approximate surface area is 91.0 Å². The van der Waals surface area contributed by atoms with E-state index in [4.69, 9.17) is 10.5 Å². The van der Waals surface area contributed by atoms with Crippen molar-refractivity contribution in [3.8, 4) is 0 Å². The summed E-state index contributed by atoms with van der Waals surface area (Å²) >= 11 is 2.20. The number of ether oxygens (including phenoxy) is 1. The van der Waals surface area contributed by atoms with Crippen LogP contribution in [0.1, 0.15) is 5.69 Å². The summed E-state index contributed by atoms with van der Waals surface area (Å²) in [5, 5.41) is 0. The molecule has 1 aromatic heterocycles. The monoisotopic (exact) mass is 293 g/mol. The van der Waals surface area contributed by atoms with Crippen molar-refractivity contribution in [2.45, 2.75) is 12.5 Å². The van der Waals surface area contributed by atoms with E-state index in [1.165, 1.54) is 6.33 Å². The van der Waals surface area contributed by atoms with Crippen molar-refractivity contribution in [2.24, 2.45) is 5.73 Å². The highest BCUT2D eigenvalue weighted by molar-refractivity contribution is 14.1. The van der Waals surface area contributed by atoms with Gasteiger partial charge in [-0.05, 0) is 22.6 Å². The third-order valence-corrected chi connectivity index (χ3v) is 2.48. The fourth-order valence-electron chi connectivity index (χ4n) is 1.01. The number of rotatable bonds is 4. The average Bonchev–Trinajstić information content (AvgIpc) is 2.09. The molecule has 0 aromatic carbocycles. The van der Waals surface area contributed by atoms with Crippen LogP contribution in [0.2, 0.25) is 0 Å².